The lowest BCUT2D eigenvalue weighted by molar-refractivity contribution is -0.136. The van der Waals surface area contributed by atoms with Gasteiger partial charge in [0.15, 0.2) is 5.82 Å². The lowest BCUT2D eigenvalue weighted by Gasteiger charge is -2.62. The molecule has 1 spiro atoms. The summed E-state index contributed by atoms with van der Waals surface area (Å²) < 4.78 is 0. The number of pyridine rings is 1. The standard InChI is InChI=1S/C58H55N9O4/c68-53-21-20-52(55(69)62-53)67-35-49-45(7-3-8-48(49)57(67)71)34-64-37-58(38-64)30-47(31-58)65-27-25-63(26-28-65)23-4-5-39-10-12-40(13-11-39)14-15-41-16-18-42(19-17-41)56(70)66-24-22-44-32-60-54(61-51(44)36-66)46-29-43-6-1-2-9-50(43)59-33-46/h1-3,6-19,29,32-33,47,52H,20-28,30-31,34-38H2,(H,62,68,69)/b15-14+. The van der Waals surface area contributed by atoms with Crippen LogP contribution in [0.4, 0.5) is 0 Å². The number of para-hydroxylation sites is 1. The minimum Gasteiger partial charge on any atom is -0.332 e. The van der Waals surface area contributed by atoms with Crippen LogP contribution in [0, 0.1) is 17.3 Å². The van der Waals surface area contributed by atoms with Gasteiger partial charge < -0.3 is 9.80 Å². The number of piperazine rings is 1. The van der Waals surface area contributed by atoms with E-state index >= 15 is 0 Å². The van der Waals surface area contributed by atoms with Gasteiger partial charge in [0.25, 0.3) is 11.8 Å². The van der Waals surface area contributed by atoms with Gasteiger partial charge in [-0.3, -0.25) is 44.2 Å². The van der Waals surface area contributed by atoms with E-state index in [0.29, 0.717) is 54.5 Å². The molecule has 1 saturated carbocycles. The van der Waals surface area contributed by atoms with Crippen LogP contribution in [0.2, 0.25) is 0 Å². The molecule has 6 aromatic rings. The Labute approximate surface area is 413 Å². The first-order valence-electron chi connectivity index (χ1n) is 25.0. The van der Waals surface area contributed by atoms with Gasteiger partial charge in [0.05, 0.1) is 24.3 Å². The number of nitrogens with zero attached hydrogens (tertiary/aromatic N) is 8. The van der Waals surface area contributed by atoms with Gasteiger partial charge in [0.1, 0.15) is 6.04 Å². The summed E-state index contributed by atoms with van der Waals surface area (Å²) in [5.74, 6) is 6.66. The highest BCUT2D eigenvalue weighted by Crippen LogP contribution is 2.51. The molecule has 4 fully saturated rings. The van der Waals surface area contributed by atoms with Gasteiger partial charge in [-0.15, -0.1) is 0 Å². The van der Waals surface area contributed by atoms with Crippen LogP contribution in [0.1, 0.15) is 85.5 Å². The van der Waals surface area contributed by atoms with E-state index in [0.717, 1.165) is 109 Å². The van der Waals surface area contributed by atoms with Crippen LogP contribution in [-0.4, -0.2) is 128 Å². The molecule has 2 aromatic heterocycles. The fraction of sp³-hybridized carbons (Fsp3) is 0.328. The average Bonchev–Trinajstić information content (AvgIpc) is 3.72. The number of carbonyl (C=O) groups is 4. The first-order valence-corrected chi connectivity index (χ1v) is 25.0. The van der Waals surface area contributed by atoms with Crippen LogP contribution in [0.25, 0.3) is 34.4 Å². The smallest absolute Gasteiger partial charge is 0.255 e. The number of nitrogens with one attached hydrogen (secondary N) is 1. The Bertz CT molecular complexity index is 3170. The summed E-state index contributed by atoms with van der Waals surface area (Å²) >= 11 is 0. The molecule has 0 radical (unpaired) electrons. The van der Waals surface area contributed by atoms with E-state index in [1.54, 1.807) is 4.90 Å². The molecule has 356 valence electrons. The number of hydrogen-bond acceptors (Lipinski definition) is 10. The van der Waals surface area contributed by atoms with Crippen molar-refractivity contribution < 1.29 is 19.2 Å². The fourth-order valence-corrected chi connectivity index (χ4v) is 11.6. The summed E-state index contributed by atoms with van der Waals surface area (Å²) in [5, 5.41) is 3.44. The third-order valence-electron chi connectivity index (χ3n) is 15.6. The van der Waals surface area contributed by atoms with Crippen molar-refractivity contribution in [3.8, 4) is 23.2 Å². The second-order valence-electron chi connectivity index (χ2n) is 20.3. The first-order chi connectivity index (χ1) is 34.7. The molecule has 5 aliphatic heterocycles. The lowest BCUT2D eigenvalue weighted by atomic mass is 9.60. The van der Waals surface area contributed by atoms with Crippen molar-refractivity contribution in [3.63, 3.8) is 0 Å². The molecule has 71 heavy (non-hydrogen) atoms. The van der Waals surface area contributed by atoms with Gasteiger partial charge in [0.2, 0.25) is 11.8 Å². The molecule has 1 atom stereocenters. The topological polar surface area (TPSA) is 135 Å². The van der Waals surface area contributed by atoms with Crippen molar-refractivity contribution in [1.82, 2.24) is 44.8 Å². The van der Waals surface area contributed by atoms with Crippen molar-refractivity contribution in [3.05, 3.63) is 160 Å². The minimum atomic E-state index is -0.590. The van der Waals surface area contributed by atoms with E-state index in [4.69, 9.17) is 4.98 Å². The van der Waals surface area contributed by atoms with Gasteiger partial charge in [-0.05, 0) is 101 Å². The van der Waals surface area contributed by atoms with Gasteiger partial charge in [-0.25, -0.2) is 9.97 Å². The number of imide groups is 1. The van der Waals surface area contributed by atoms with E-state index in [1.165, 1.54) is 18.4 Å². The summed E-state index contributed by atoms with van der Waals surface area (Å²) in [6.07, 6.45) is 11.7. The number of benzene rings is 4. The molecule has 7 heterocycles. The summed E-state index contributed by atoms with van der Waals surface area (Å²) in [6.45, 7) is 9.47. The Morgan fingerprint density at radius 2 is 1.56 bits per heavy atom. The second kappa shape index (κ2) is 18.8. The molecule has 3 saturated heterocycles. The van der Waals surface area contributed by atoms with E-state index in [2.05, 4.69) is 90.4 Å². The molecule has 0 bridgehead atoms. The maximum absolute atomic E-state index is 13.6. The number of rotatable bonds is 9. The monoisotopic (exact) mass is 941 g/mol. The Balaban J connectivity index is 0.566. The molecule has 13 nitrogen and oxygen atoms in total. The van der Waals surface area contributed by atoms with Crippen LogP contribution in [-0.2, 0) is 35.6 Å². The van der Waals surface area contributed by atoms with E-state index in [-0.39, 0.29) is 30.0 Å². The maximum Gasteiger partial charge on any atom is 0.255 e. The highest BCUT2D eigenvalue weighted by atomic mass is 16.2. The summed E-state index contributed by atoms with van der Waals surface area (Å²) in [6, 6.07) is 32.2. The normalized spacial score (nSPS) is 20.3. The first kappa shape index (κ1) is 44.8. The Morgan fingerprint density at radius 3 is 2.35 bits per heavy atom. The quantitative estimate of drug-likeness (QED) is 0.0979. The Hall–Kier alpha value is -7.37. The Morgan fingerprint density at radius 1 is 0.789 bits per heavy atom. The van der Waals surface area contributed by atoms with Gasteiger partial charge in [0, 0.05) is 111 Å². The zero-order chi connectivity index (χ0) is 48.1. The van der Waals surface area contributed by atoms with Gasteiger partial charge in [-0.2, -0.15) is 0 Å². The highest BCUT2D eigenvalue weighted by Gasteiger charge is 2.54. The van der Waals surface area contributed by atoms with Crippen molar-refractivity contribution in [1.29, 1.82) is 0 Å². The molecular weight excluding hydrogens is 887 g/mol. The predicted octanol–water partition coefficient (Wildman–Crippen LogP) is 6.46. The molecule has 6 aliphatic rings. The van der Waals surface area contributed by atoms with Crippen molar-refractivity contribution in [2.75, 3.05) is 52.4 Å². The number of carbonyl (C=O) groups excluding carboxylic acids is 4. The summed E-state index contributed by atoms with van der Waals surface area (Å²) in [5.41, 5.74) is 10.8. The van der Waals surface area contributed by atoms with Gasteiger partial charge in [-0.1, -0.05) is 78.6 Å². The third-order valence-corrected chi connectivity index (χ3v) is 15.6. The van der Waals surface area contributed by atoms with E-state index in [9.17, 15) is 19.2 Å². The summed E-state index contributed by atoms with van der Waals surface area (Å²) in [7, 11) is 0. The molecule has 1 unspecified atom stereocenters. The molecular formula is C58H55N9O4. The highest BCUT2D eigenvalue weighted by molar-refractivity contribution is 6.05. The van der Waals surface area contributed by atoms with Gasteiger partial charge >= 0.3 is 0 Å². The van der Waals surface area contributed by atoms with E-state index in [1.807, 2.05) is 78.0 Å². The molecule has 13 heteroatoms. The predicted molar refractivity (Wildman–Crippen MR) is 271 cm³/mol. The fourth-order valence-electron chi connectivity index (χ4n) is 11.6. The number of hydrogen-bond donors (Lipinski definition) is 1. The van der Waals surface area contributed by atoms with E-state index < -0.39 is 6.04 Å². The number of fused-ring (bicyclic) bond motifs is 3. The number of aromatic nitrogens is 3. The van der Waals surface area contributed by atoms with Crippen molar-refractivity contribution in [2.45, 2.75) is 63.8 Å². The number of likely N-dealkylation sites (tertiary alicyclic amines) is 1. The van der Waals surface area contributed by atoms with Crippen LogP contribution in [0.15, 0.2) is 109 Å². The lowest BCUT2D eigenvalue weighted by Crippen LogP contribution is -2.67. The van der Waals surface area contributed by atoms with Crippen LogP contribution in [0.5, 0.6) is 0 Å². The van der Waals surface area contributed by atoms with Crippen molar-refractivity contribution in [2.24, 2.45) is 5.41 Å². The maximum atomic E-state index is 13.6. The second-order valence-corrected chi connectivity index (χ2v) is 20.3. The number of amides is 4. The van der Waals surface area contributed by atoms with Crippen LogP contribution >= 0.6 is 0 Å². The van der Waals surface area contributed by atoms with Crippen molar-refractivity contribution >= 4 is 46.7 Å². The molecule has 12 rings (SSSR count). The van der Waals surface area contributed by atoms with Crippen LogP contribution < -0.4 is 5.32 Å². The largest absolute Gasteiger partial charge is 0.332 e. The van der Waals surface area contributed by atoms with Crippen LogP contribution in [0.3, 0.4) is 0 Å². The summed E-state index contributed by atoms with van der Waals surface area (Å²) in [4.78, 5) is 76.5. The SMILES string of the molecule is O=C1CCC(N2Cc3c(CN4CC5(CC(N6CCN(CC#Cc7ccc(/C=C/c8ccc(C(=O)N9CCc%10cnc(-c%11cnc%12ccccc%12c%11)nc%10C9)cc8)cc7)CC6)C5)C4)cccc3C2=O)C(=O)N1. The molecule has 4 aromatic carbocycles. The zero-order valence-electron chi connectivity index (χ0n) is 39.7. The average molecular weight is 942 g/mol. The minimum absolute atomic E-state index is 0.00243. The Kier molecular flexibility index (Phi) is 11.8. The molecule has 1 aliphatic carbocycles. The molecule has 1 N–H and O–H groups in total. The number of piperidine rings is 1. The zero-order valence-corrected chi connectivity index (χ0v) is 39.7. The molecule has 4 amide bonds. The third kappa shape index (κ3) is 9.15.